The summed E-state index contributed by atoms with van der Waals surface area (Å²) in [6.07, 6.45) is 1.74. The molecule has 2 aromatic carbocycles. The first-order valence-corrected chi connectivity index (χ1v) is 8.30. The topological polar surface area (TPSA) is 81.7 Å². The Balaban J connectivity index is 1.99. The van der Waals surface area contributed by atoms with Crippen molar-refractivity contribution in [1.82, 2.24) is 4.40 Å². The van der Waals surface area contributed by atoms with Crippen molar-refractivity contribution in [3.05, 3.63) is 93.8 Å². The fraction of sp³-hybridized carbons (Fsp3) is 0.0476. The van der Waals surface area contributed by atoms with Crippen LogP contribution in [0.2, 0.25) is 0 Å². The Morgan fingerprint density at radius 3 is 2.52 bits per heavy atom. The predicted octanol–water partition coefficient (Wildman–Crippen LogP) is 4.43. The van der Waals surface area contributed by atoms with Crippen LogP contribution in [0.25, 0.3) is 16.3 Å². The second-order valence-corrected chi connectivity index (χ2v) is 6.26. The van der Waals surface area contributed by atoms with Gasteiger partial charge in [-0.3, -0.25) is 19.7 Å². The highest BCUT2D eigenvalue weighted by Gasteiger charge is 2.21. The molecular weight excluding hydrogens is 344 g/mol. The largest absolute Gasteiger partial charge is 0.312 e. The molecule has 6 heteroatoms. The van der Waals surface area contributed by atoms with E-state index >= 15 is 0 Å². The van der Waals surface area contributed by atoms with Crippen molar-refractivity contribution in [2.24, 2.45) is 0 Å². The minimum absolute atomic E-state index is 0.151. The van der Waals surface area contributed by atoms with E-state index in [0.717, 1.165) is 10.8 Å². The molecule has 0 N–H and O–H groups in total. The van der Waals surface area contributed by atoms with Crippen LogP contribution in [-0.2, 0) is 0 Å². The minimum atomic E-state index is -0.540. The lowest BCUT2D eigenvalue weighted by Crippen LogP contribution is -2.05. The molecular formula is C21H14N2O4. The molecule has 0 aliphatic rings. The second kappa shape index (κ2) is 6.17. The molecule has 2 heterocycles. The molecule has 0 bridgehead atoms. The van der Waals surface area contributed by atoms with Crippen molar-refractivity contribution in [3.8, 4) is 0 Å². The van der Waals surface area contributed by atoms with Crippen molar-refractivity contribution < 1.29 is 14.5 Å². The van der Waals surface area contributed by atoms with Gasteiger partial charge in [0.25, 0.3) is 5.69 Å². The zero-order valence-corrected chi connectivity index (χ0v) is 14.4. The van der Waals surface area contributed by atoms with E-state index in [1.807, 2.05) is 30.3 Å². The number of fused-ring (bicyclic) bond motifs is 3. The number of nitro groups is 1. The molecule has 0 amide bonds. The van der Waals surface area contributed by atoms with E-state index in [1.54, 1.807) is 16.7 Å². The maximum atomic E-state index is 13.1. The van der Waals surface area contributed by atoms with Crippen LogP contribution in [0.4, 0.5) is 5.69 Å². The zero-order valence-electron chi connectivity index (χ0n) is 14.4. The minimum Gasteiger partial charge on any atom is -0.312 e. The van der Waals surface area contributed by atoms with E-state index in [9.17, 15) is 19.7 Å². The Kier molecular flexibility index (Phi) is 3.81. The molecule has 0 atom stereocenters. The maximum Gasteiger partial charge on any atom is 0.270 e. The molecule has 0 aliphatic heterocycles. The molecule has 0 spiro atoms. The van der Waals surface area contributed by atoms with Crippen molar-refractivity contribution in [2.75, 3.05) is 0 Å². The van der Waals surface area contributed by atoms with Gasteiger partial charge >= 0.3 is 0 Å². The fourth-order valence-corrected chi connectivity index (χ4v) is 3.32. The lowest BCUT2D eigenvalue weighted by molar-refractivity contribution is -0.384. The molecule has 0 radical (unpaired) electrons. The number of nitro benzene ring substituents is 1. The van der Waals surface area contributed by atoms with E-state index < -0.39 is 4.92 Å². The Morgan fingerprint density at radius 1 is 1.00 bits per heavy atom. The summed E-state index contributed by atoms with van der Waals surface area (Å²) in [5.41, 5.74) is 1.45. The molecule has 4 aromatic rings. The number of Topliss-reactive ketones (excluding diaryl/α,β-unsaturated/α-hetero) is 1. The molecule has 4 rings (SSSR count). The molecule has 0 saturated heterocycles. The number of nitrogens with zero attached hydrogens (tertiary/aromatic N) is 2. The van der Waals surface area contributed by atoms with Crippen molar-refractivity contribution >= 4 is 33.5 Å². The number of hydrogen-bond acceptors (Lipinski definition) is 4. The standard InChI is InChI=1S/C21H14N2O4/c1-13(24)18-12-19(21(25)15-6-4-7-16(11-15)23(26)27)22-10-9-14-5-2-3-8-17(14)20(18)22/h2-12H,1H3. The third-order valence-corrected chi connectivity index (χ3v) is 4.59. The third kappa shape index (κ3) is 2.67. The van der Waals surface area contributed by atoms with Gasteiger partial charge < -0.3 is 4.40 Å². The monoisotopic (exact) mass is 358 g/mol. The van der Waals surface area contributed by atoms with Crippen LogP contribution in [0.3, 0.4) is 0 Å². The number of carbonyl (C=O) groups excluding carboxylic acids is 2. The van der Waals surface area contributed by atoms with Crippen LogP contribution in [-0.4, -0.2) is 20.9 Å². The molecule has 2 aromatic heterocycles. The summed E-state index contributed by atoms with van der Waals surface area (Å²) in [6, 6.07) is 16.6. The first kappa shape index (κ1) is 16.7. The van der Waals surface area contributed by atoms with Gasteiger partial charge in [-0.2, -0.15) is 0 Å². The van der Waals surface area contributed by atoms with Crippen LogP contribution >= 0.6 is 0 Å². The summed E-state index contributed by atoms with van der Waals surface area (Å²) in [5, 5.41) is 12.8. The van der Waals surface area contributed by atoms with Gasteiger partial charge in [0, 0.05) is 34.8 Å². The second-order valence-electron chi connectivity index (χ2n) is 6.26. The molecule has 0 unspecified atom stereocenters. The third-order valence-electron chi connectivity index (χ3n) is 4.59. The summed E-state index contributed by atoms with van der Waals surface area (Å²) in [4.78, 5) is 35.7. The van der Waals surface area contributed by atoms with E-state index in [2.05, 4.69) is 0 Å². The van der Waals surface area contributed by atoms with Crippen molar-refractivity contribution in [3.63, 3.8) is 0 Å². The molecule has 27 heavy (non-hydrogen) atoms. The van der Waals surface area contributed by atoms with Crippen LogP contribution in [0.5, 0.6) is 0 Å². The summed E-state index contributed by atoms with van der Waals surface area (Å²) in [7, 11) is 0. The number of rotatable bonds is 4. The van der Waals surface area contributed by atoms with Gasteiger partial charge in [-0.15, -0.1) is 0 Å². The highest BCUT2D eigenvalue weighted by Crippen LogP contribution is 2.28. The molecule has 0 fully saturated rings. The van der Waals surface area contributed by atoms with Crippen molar-refractivity contribution in [1.29, 1.82) is 0 Å². The summed E-state index contributed by atoms with van der Waals surface area (Å²) in [5.74, 6) is -0.529. The average Bonchev–Trinajstić information content (AvgIpc) is 3.08. The first-order chi connectivity index (χ1) is 13.0. The molecule has 0 saturated carbocycles. The fourth-order valence-electron chi connectivity index (χ4n) is 3.32. The SMILES string of the molecule is CC(=O)c1cc(C(=O)c2cccc([N+](=O)[O-])c2)n2ccc3ccccc3c12. The Morgan fingerprint density at radius 2 is 1.78 bits per heavy atom. The highest BCUT2D eigenvalue weighted by molar-refractivity contribution is 6.15. The highest BCUT2D eigenvalue weighted by atomic mass is 16.6. The lowest BCUT2D eigenvalue weighted by atomic mass is 10.1. The quantitative estimate of drug-likeness (QED) is 0.307. The number of non-ortho nitro benzene ring substituents is 1. The van der Waals surface area contributed by atoms with E-state index in [1.165, 1.54) is 31.2 Å². The predicted molar refractivity (Wildman–Crippen MR) is 101 cm³/mol. The van der Waals surface area contributed by atoms with E-state index in [0.29, 0.717) is 16.8 Å². The number of ketones is 2. The molecule has 0 aliphatic carbocycles. The van der Waals surface area contributed by atoms with Gasteiger partial charge in [-0.05, 0) is 24.4 Å². The Labute approximate surface area is 153 Å². The summed E-state index contributed by atoms with van der Waals surface area (Å²) in [6.45, 7) is 1.46. The number of benzene rings is 2. The number of pyridine rings is 1. The van der Waals surface area contributed by atoms with Gasteiger partial charge in [0.2, 0.25) is 5.78 Å². The molecule has 132 valence electrons. The van der Waals surface area contributed by atoms with Crippen LogP contribution < -0.4 is 0 Å². The van der Waals surface area contributed by atoms with Crippen LogP contribution in [0.1, 0.15) is 33.3 Å². The van der Waals surface area contributed by atoms with Gasteiger partial charge in [0.05, 0.1) is 16.1 Å². The lowest BCUT2D eigenvalue weighted by Gasteiger charge is -2.06. The molecule has 6 nitrogen and oxygen atoms in total. The Bertz CT molecular complexity index is 1250. The Hall–Kier alpha value is -3.80. The maximum absolute atomic E-state index is 13.1. The van der Waals surface area contributed by atoms with Gasteiger partial charge in [0.1, 0.15) is 0 Å². The number of aromatic nitrogens is 1. The van der Waals surface area contributed by atoms with Gasteiger partial charge in [0.15, 0.2) is 5.78 Å². The van der Waals surface area contributed by atoms with Gasteiger partial charge in [-0.25, -0.2) is 0 Å². The average molecular weight is 358 g/mol. The zero-order chi connectivity index (χ0) is 19.1. The normalized spacial score (nSPS) is 11.0. The van der Waals surface area contributed by atoms with Crippen LogP contribution in [0, 0.1) is 10.1 Å². The smallest absolute Gasteiger partial charge is 0.270 e. The number of hydrogen-bond donors (Lipinski definition) is 0. The van der Waals surface area contributed by atoms with Crippen LogP contribution in [0.15, 0.2) is 66.9 Å². The summed E-state index contributed by atoms with van der Waals surface area (Å²) >= 11 is 0. The van der Waals surface area contributed by atoms with E-state index in [-0.39, 0.29) is 22.8 Å². The summed E-state index contributed by atoms with van der Waals surface area (Å²) < 4.78 is 1.68. The van der Waals surface area contributed by atoms with Gasteiger partial charge in [-0.1, -0.05) is 36.4 Å². The van der Waals surface area contributed by atoms with E-state index in [4.69, 9.17) is 0 Å². The van der Waals surface area contributed by atoms with Crippen molar-refractivity contribution in [2.45, 2.75) is 6.92 Å². The number of carbonyl (C=O) groups is 2. The first-order valence-electron chi connectivity index (χ1n) is 8.30.